The first-order valence-electron chi connectivity index (χ1n) is 8.18. The zero-order valence-electron chi connectivity index (χ0n) is 15.0. The standard InChI is InChI=1S/C17H22N2O7/c1-8-7-9(2)25-17(23)12(10(3)26-16(8)22)19-15(21)13-14(20)11(24-4)5-6-18-13/h5-6,8-10,12,20H,7H2,1-4H3,(H,19,21)/t8-,9+,10-,12?/m1/s1. The van der Waals surface area contributed by atoms with E-state index in [1.807, 2.05) is 0 Å². The quantitative estimate of drug-likeness (QED) is 0.753. The normalized spacial score (nSPS) is 26.6. The molecule has 1 aliphatic rings. The predicted molar refractivity (Wildman–Crippen MR) is 88.6 cm³/mol. The molecule has 2 heterocycles. The Morgan fingerprint density at radius 1 is 1.27 bits per heavy atom. The van der Waals surface area contributed by atoms with Crippen LogP contribution >= 0.6 is 0 Å². The second kappa shape index (κ2) is 8.03. The number of amides is 1. The van der Waals surface area contributed by atoms with Crippen molar-refractivity contribution in [1.82, 2.24) is 10.3 Å². The molecule has 1 aromatic heterocycles. The van der Waals surface area contributed by atoms with Crippen molar-refractivity contribution in [3.8, 4) is 11.5 Å². The Morgan fingerprint density at radius 3 is 2.62 bits per heavy atom. The lowest BCUT2D eigenvalue weighted by Gasteiger charge is -2.23. The fraction of sp³-hybridized carbons (Fsp3) is 0.529. The van der Waals surface area contributed by atoms with Crippen LogP contribution in [-0.2, 0) is 19.1 Å². The lowest BCUT2D eigenvalue weighted by Crippen LogP contribution is -2.50. The SMILES string of the molecule is COc1ccnc(C(=O)NC2C(=O)O[C@@H](C)C[C@@H](C)C(=O)O[C@@H]2C)c1O. The summed E-state index contributed by atoms with van der Waals surface area (Å²) in [5.74, 6) is -2.89. The molecule has 0 saturated carbocycles. The highest BCUT2D eigenvalue weighted by molar-refractivity contribution is 5.98. The second-order valence-corrected chi connectivity index (χ2v) is 6.19. The number of nitrogens with zero attached hydrogens (tertiary/aromatic N) is 1. The zero-order chi connectivity index (χ0) is 19.4. The molecule has 1 unspecified atom stereocenters. The van der Waals surface area contributed by atoms with Gasteiger partial charge in [-0.25, -0.2) is 9.78 Å². The summed E-state index contributed by atoms with van der Waals surface area (Å²) in [4.78, 5) is 40.7. The Bertz CT molecular complexity index is 706. The number of aromatic nitrogens is 1. The number of carbonyl (C=O) groups is 3. The highest BCUT2D eigenvalue weighted by Gasteiger charge is 2.36. The van der Waals surface area contributed by atoms with E-state index in [-0.39, 0.29) is 11.4 Å². The molecule has 2 N–H and O–H groups in total. The highest BCUT2D eigenvalue weighted by atomic mass is 16.6. The lowest BCUT2D eigenvalue weighted by atomic mass is 10.1. The van der Waals surface area contributed by atoms with Crippen molar-refractivity contribution >= 4 is 17.8 Å². The minimum Gasteiger partial charge on any atom is -0.503 e. The van der Waals surface area contributed by atoms with Gasteiger partial charge in [-0.1, -0.05) is 6.92 Å². The van der Waals surface area contributed by atoms with Crippen molar-refractivity contribution in [2.24, 2.45) is 5.92 Å². The van der Waals surface area contributed by atoms with Gasteiger partial charge in [0.15, 0.2) is 23.2 Å². The van der Waals surface area contributed by atoms with Crippen molar-refractivity contribution in [2.75, 3.05) is 7.11 Å². The van der Waals surface area contributed by atoms with Crippen LogP contribution in [0, 0.1) is 5.92 Å². The number of hydrogen-bond donors (Lipinski definition) is 2. The first-order valence-corrected chi connectivity index (χ1v) is 8.18. The first kappa shape index (κ1) is 19.5. The number of aromatic hydroxyl groups is 1. The number of rotatable bonds is 3. The topological polar surface area (TPSA) is 124 Å². The van der Waals surface area contributed by atoms with Gasteiger partial charge in [-0.05, 0) is 20.3 Å². The number of pyridine rings is 1. The number of methoxy groups -OCH3 is 1. The largest absolute Gasteiger partial charge is 0.503 e. The van der Waals surface area contributed by atoms with Crippen LogP contribution in [0.4, 0.5) is 0 Å². The summed E-state index contributed by atoms with van der Waals surface area (Å²) >= 11 is 0. The number of hydrogen-bond acceptors (Lipinski definition) is 8. The summed E-state index contributed by atoms with van der Waals surface area (Å²) in [5, 5.41) is 12.4. The smallest absolute Gasteiger partial charge is 0.332 e. The fourth-order valence-corrected chi connectivity index (χ4v) is 2.63. The maximum absolute atomic E-state index is 12.5. The predicted octanol–water partition coefficient (Wildman–Crippen LogP) is 0.797. The van der Waals surface area contributed by atoms with E-state index in [2.05, 4.69) is 10.3 Å². The average Bonchev–Trinajstić information content (AvgIpc) is 2.61. The van der Waals surface area contributed by atoms with Crippen LogP contribution in [0.25, 0.3) is 0 Å². The molecule has 9 heteroatoms. The molecule has 1 saturated heterocycles. The molecule has 1 fully saturated rings. The molecule has 1 aromatic rings. The third kappa shape index (κ3) is 4.22. The van der Waals surface area contributed by atoms with Crippen LogP contribution in [0.3, 0.4) is 0 Å². The van der Waals surface area contributed by atoms with Crippen molar-refractivity contribution in [3.05, 3.63) is 18.0 Å². The lowest BCUT2D eigenvalue weighted by molar-refractivity contribution is -0.157. The third-order valence-corrected chi connectivity index (χ3v) is 4.04. The van der Waals surface area contributed by atoms with Gasteiger partial charge in [-0.15, -0.1) is 0 Å². The summed E-state index contributed by atoms with van der Waals surface area (Å²) in [6.45, 7) is 4.81. The molecule has 9 nitrogen and oxygen atoms in total. The van der Waals surface area contributed by atoms with Crippen LogP contribution in [0.15, 0.2) is 12.3 Å². The van der Waals surface area contributed by atoms with Crippen molar-refractivity contribution in [3.63, 3.8) is 0 Å². The minimum atomic E-state index is -1.24. The van der Waals surface area contributed by atoms with Gasteiger partial charge in [0, 0.05) is 12.3 Å². The number of esters is 2. The number of cyclic esters (lactones) is 2. The van der Waals surface area contributed by atoms with Crippen LogP contribution in [0.1, 0.15) is 37.7 Å². The Labute approximate surface area is 150 Å². The molecule has 0 aromatic carbocycles. The van der Waals surface area contributed by atoms with Gasteiger partial charge < -0.3 is 24.6 Å². The second-order valence-electron chi connectivity index (χ2n) is 6.19. The summed E-state index contributed by atoms with van der Waals surface area (Å²) in [6.07, 6.45) is 0.121. The third-order valence-electron chi connectivity index (χ3n) is 4.04. The maximum Gasteiger partial charge on any atom is 0.332 e. The maximum atomic E-state index is 12.5. The number of nitrogens with one attached hydrogen (secondary N) is 1. The number of carbonyl (C=O) groups excluding carboxylic acids is 3. The fourth-order valence-electron chi connectivity index (χ4n) is 2.63. The molecule has 142 valence electrons. The Balaban J connectivity index is 2.25. The average molecular weight is 366 g/mol. The molecule has 1 amide bonds. The van der Waals surface area contributed by atoms with E-state index in [0.29, 0.717) is 6.42 Å². The molecule has 0 radical (unpaired) electrons. The summed E-state index contributed by atoms with van der Waals surface area (Å²) < 4.78 is 15.5. The van der Waals surface area contributed by atoms with Crippen molar-refractivity contribution in [2.45, 2.75) is 45.4 Å². The van der Waals surface area contributed by atoms with Gasteiger partial charge in [0.05, 0.1) is 19.1 Å². The molecule has 0 bridgehead atoms. The molecule has 0 aliphatic carbocycles. The van der Waals surface area contributed by atoms with Crippen LogP contribution in [0.2, 0.25) is 0 Å². The van der Waals surface area contributed by atoms with Crippen molar-refractivity contribution < 1.29 is 33.7 Å². The first-order chi connectivity index (χ1) is 12.2. The van der Waals surface area contributed by atoms with E-state index in [9.17, 15) is 19.5 Å². The monoisotopic (exact) mass is 366 g/mol. The summed E-state index contributed by atoms with van der Waals surface area (Å²) in [5.41, 5.74) is -0.322. The Kier molecular flexibility index (Phi) is 6.01. The van der Waals surface area contributed by atoms with Gasteiger partial charge in [-0.2, -0.15) is 0 Å². The molecule has 0 spiro atoms. The molecule has 4 atom stereocenters. The van der Waals surface area contributed by atoms with Gasteiger partial charge in [-0.3, -0.25) is 9.59 Å². The molecular formula is C17H22N2O7. The summed E-state index contributed by atoms with van der Waals surface area (Å²) in [7, 11) is 1.33. The van der Waals surface area contributed by atoms with Crippen LogP contribution in [0.5, 0.6) is 11.5 Å². The van der Waals surface area contributed by atoms with Gasteiger partial charge in [0.2, 0.25) is 0 Å². The Morgan fingerprint density at radius 2 is 1.96 bits per heavy atom. The van der Waals surface area contributed by atoms with Crippen LogP contribution in [-0.4, -0.2) is 53.3 Å². The Hall–Kier alpha value is -2.84. The van der Waals surface area contributed by atoms with Gasteiger partial charge in [0.25, 0.3) is 5.91 Å². The summed E-state index contributed by atoms with van der Waals surface area (Å²) in [6, 6.07) is 0.139. The van der Waals surface area contributed by atoms with E-state index in [4.69, 9.17) is 14.2 Å². The van der Waals surface area contributed by atoms with E-state index in [0.717, 1.165) is 0 Å². The highest BCUT2D eigenvalue weighted by Crippen LogP contribution is 2.27. The molecule has 1 aliphatic heterocycles. The molecule has 26 heavy (non-hydrogen) atoms. The van der Waals surface area contributed by atoms with Crippen LogP contribution < -0.4 is 10.1 Å². The van der Waals surface area contributed by atoms with E-state index < -0.39 is 47.8 Å². The van der Waals surface area contributed by atoms with Gasteiger partial charge >= 0.3 is 11.9 Å². The van der Waals surface area contributed by atoms with E-state index >= 15 is 0 Å². The van der Waals surface area contributed by atoms with E-state index in [1.54, 1.807) is 13.8 Å². The zero-order valence-corrected chi connectivity index (χ0v) is 15.0. The molecular weight excluding hydrogens is 344 g/mol. The minimum absolute atomic E-state index is 0.0594. The van der Waals surface area contributed by atoms with Crippen molar-refractivity contribution in [1.29, 1.82) is 0 Å². The van der Waals surface area contributed by atoms with Gasteiger partial charge in [0.1, 0.15) is 6.10 Å². The van der Waals surface area contributed by atoms with E-state index in [1.165, 1.54) is 26.3 Å². The molecule has 2 rings (SSSR count). The number of ether oxygens (including phenoxy) is 3.